The Morgan fingerprint density at radius 2 is 1.77 bits per heavy atom. The Morgan fingerprint density at radius 1 is 1.14 bits per heavy atom. The van der Waals surface area contributed by atoms with E-state index in [0.29, 0.717) is 25.0 Å². The Hall–Kier alpha value is -1.04. The van der Waals surface area contributed by atoms with E-state index in [1.54, 1.807) is 0 Å². The average Bonchev–Trinajstić information content (AvgIpc) is 2.35. The van der Waals surface area contributed by atoms with Gasteiger partial charge in [0.05, 0.1) is 32.3 Å². The van der Waals surface area contributed by atoms with Gasteiger partial charge >= 0.3 is 0 Å². The van der Waals surface area contributed by atoms with Gasteiger partial charge in [0, 0.05) is 6.42 Å². The Kier molecular flexibility index (Phi) is 7.93. The van der Waals surface area contributed by atoms with E-state index in [4.69, 9.17) is 9.47 Å². The summed E-state index contributed by atoms with van der Waals surface area (Å²) in [5, 5.41) is 18.7. The first-order chi connectivity index (χ1) is 10.3. The molecular weight excluding hydrogens is 280 g/mol. The minimum Gasteiger partial charge on any atom is -0.380 e. The van der Waals surface area contributed by atoms with Gasteiger partial charge in [-0.25, -0.2) is 0 Å². The van der Waals surface area contributed by atoms with Gasteiger partial charge in [0.2, 0.25) is 0 Å². The zero-order valence-electron chi connectivity index (χ0n) is 14.1. The summed E-state index contributed by atoms with van der Waals surface area (Å²) in [5.41, 5.74) is -0.825. The normalized spacial score (nSPS) is 20.4. The molecule has 1 atom stereocenters. The summed E-state index contributed by atoms with van der Waals surface area (Å²) >= 11 is 0. The van der Waals surface area contributed by atoms with Crippen molar-refractivity contribution < 1.29 is 19.7 Å². The van der Waals surface area contributed by atoms with Crippen molar-refractivity contribution in [3.05, 3.63) is 0 Å². The van der Waals surface area contributed by atoms with Crippen LogP contribution in [-0.2, 0) is 9.47 Å². The molecule has 0 aliphatic carbocycles. The van der Waals surface area contributed by atoms with Gasteiger partial charge in [-0.2, -0.15) is 0 Å². The van der Waals surface area contributed by atoms with Gasteiger partial charge in [0.25, 0.3) is 0 Å². The molecule has 4 heteroatoms. The van der Waals surface area contributed by atoms with E-state index in [2.05, 4.69) is 37.5 Å². The smallest absolute Gasteiger partial charge is 0.171 e. The molecule has 2 N–H and O–H groups in total. The van der Waals surface area contributed by atoms with Gasteiger partial charge in [-0.05, 0) is 11.8 Å². The summed E-state index contributed by atoms with van der Waals surface area (Å²) in [4.78, 5) is 0. The molecule has 2 fully saturated rings. The number of hydrogen-bond acceptors (Lipinski definition) is 4. The van der Waals surface area contributed by atoms with Crippen LogP contribution in [0.4, 0.5) is 0 Å². The van der Waals surface area contributed by atoms with Crippen LogP contribution >= 0.6 is 0 Å². The molecule has 2 aliphatic rings. The molecule has 0 aromatic rings. The fourth-order valence-electron chi connectivity index (χ4n) is 1.48. The molecule has 2 aliphatic heterocycles. The van der Waals surface area contributed by atoms with Gasteiger partial charge in [-0.3, -0.25) is 0 Å². The summed E-state index contributed by atoms with van der Waals surface area (Å²) in [6.45, 7) is 10.3. The van der Waals surface area contributed by atoms with Crippen molar-refractivity contribution in [3.63, 3.8) is 0 Å². The highest BCUT2D eigenvalue weighted by Gasteiger charge is 2.33. The molecule has 0 radical (unpaired) electrons. The molecule has 0 bridgehead atoms. The molecule has 4 nitrogen and oxygen atoms in total. The van der Waals surface area contributed by atoms with Gasteiger partial charge in [-0.15, -0.1) is 0 Å². The summed E-state index contributed by atoms with van der Waals surface area (Å²) in [6, 6.07) is 0. The quantitative estimate of drug-likeness (QED) is 0.758. The molecule has 0 aromatic heterocycles. The monoisotopic (exact) mass is 308 g/mol. The fourth-order valence-corrected chi connectivity index (χ4v) is 1.48. The van der Waals surface area contributed by atoms with Crippen LogP contribution in [0.2, 0.25) is 0 Å². The predicted octanol–water partition coefficient (Wildman–Crippen LogP) is 1.45. The molecular formula is C18H28O4. The van der Waals surface area contributed by atoms with Crippen molar-refractivity contribution in [2.75, 3.05) is 26.4 Å². The van der Waals surface area contributed by atoms with E-state index in [1.807, 2.05) is 13.8 Å². The molecule has 0 aromatic carbocycles. The van der Waals surface area contributed by atoms with Crippen LogP contribution in [-0.4, -0.2) is 48.3 Å². The van der Waals surface area contributed by atoms with Crippen LogP contribution in [0.15, 0.2) is 0 Å². The SMILES string of the molecule is CC(C)C(O)C#CC1COC1.CC(C)CC#CC1(O)COC1. The molecule has 1 unspecified atom stereocenters. The van der Waals surface area contributed by atoms with Gasteiger partial charge in [0.15, 0.2) is 5.60 Å². The van der Waals surface area contributed by atoms with Crippen LogP contribution in [0.3, 0.4) is 0 Å². The lowest BCUT2D eigenvalue weighted by atomic mass is 10.0. The highest BCUT2D eigenvalue weighted by atomic mass is 16.5. The minimum absolute atomic E-state index is 0.225. The van der Waals surface area contributed by atoms with E-state index >= 15 is 0 Å². The molecule has 2 saturated heterocycles. The summed E-state index contributed by atoms with van der Waals surface area (Å²) in [6.07, 6.45) is 0.373. The maximum atomic E-state index is 9.42. The zero-order valence-corrected chi connectivity index (χ0v) is 14.1. The number of aliphatic hydroxyl groups is 2. The molecule has 0 spiro atoms. The van der Waals surface area contributed by atoms with E-state index in [1.165, 1.54) is 0 Å². The predicted molar refractivity (Wildman–Crippen MR) is 85.9 cm³/mol. The van der Waals surface area contributed by atoms with Gasteiger partial charge in [-0.1, -0.05) is 51.4 Å². The first-order valence-corrected chi connectivity index (χ1v) is 7.89. The highest BCUT2D eigenvalue weighted by Crippen LogP contribution is 2.14. The average molecular weight is 308 g/mol. The minimum atomic E-state index is -0.825. The zero-order chi connectivity index (χ0) is 16.6. The standard InChI is InChI=1S/2C9H14O2/c1-7(2)9(10)4-3-8-5-11-6-8;1-8(2)4-3-5-9(10)6-11-7-9/h7-10H,5-6H2,1-2H3;8,10H,4,6-7H2,1-2H3. The van der Waals surface area contributed by atoms with Crippen molar-refractivity contribution in [1.29, 1.82) is 0 Å². The first kappa shape index (κ1) is 19.0. The second kappa shape index (κ2) is 9.18. The topological polar surface area (TPSA) is 58.9 Å². The molecule has 2 heterocycles. The lowest BCUT2D eigenvalue weighted by Crippen LogP contribution is -2.48. The second-order valence-electron chi connectivity index (χ2n) is 6.64. The number of ether oxygens (including phenoxy) is 2. The van der Waals surface area contributed by atoms with Gasteiger partial charge in [0.1, 0.15) is 6.10 Å². The van der Waals surface area contributed by atoms with E-state index < -0.39 is 11.7 Å². The van der Waals surface area contributed by atoms with Crippen molar-refractivity contribution in [2.24, 2.45) is 17.8 Å². The van der Waals surface area contributed by atoms with Crippen LogP contribution in [0.1, 0.15) is 34.1 Å². The van der Waals surface area contributed by atoms with Crippen LogP contribution in [0, 0.1) is 41.4 Å². The van der Waals surface area contributed by atoms with Crippen molar-refractivity contribution >= 4 is 0 Å². The summed E-state index contributed by atoms with van der Waals surface area (Å²) in [7, 11) is 0. The van der Waals surface area contributed by atoms with Crippen molar-refractivity contribution in [2.45, 2.75) is 45.8 Å². The summed E-state index contributed by atoms with van der Waals surface area (Å²) in [5.74, 6) is 12.7. The third-order valence-corrected chi connectivity index (χ3v) is 3.22. The van der Waals surface area contributed by atoms with Gasteiger partial charge < -0.3 is 19.7 Å². The molecule has 2 rings (SSSR count). The van der Waals surface area contributed by atoms with Crippen molar-refractivity contribution in [1.82, 2.24) is 0 Å². The van der Waals surface area contributed by atoms with Crippen LogP contribution in [0.5, 0.6) is 0 Å². The largest absolute Gasteiger partial charge is 0.380 e. The summed E-state index contributed by atoms with van der Waals surface area (Å²) < 4.78 is 9.79. The molecule has 0 saturated carbocycles. The molecule has 124 valence electrons. The molecule has 22 heavy (non-hydrogen) atoms. The number of hydrogen-bond donors (Lipinski definition) is 2. The maximum absolute atomic E-state index is 9.42. The van der Waals surface area contributed by atoms with Crippen LogP contribution < -0.4 is 0 Å². The van der Waals surface area contributed by atoms with E-state index in [0.717, 1.165) is 19.6 Å². The Labute approximate surface area is 134 Å². The maximum Gasteiger partial charge on any atom is 0.171 e. The van der Waals surface area contributed by atoms with Crippen LogP contribution in [0.25, 0.3) is 0 Å². The third kappa shape index (κ3) is 7.29. The lowest BCUT2D eigenvalue weighted by Gasteiger charge is -2.31. The Balaban J connectivity index is 0.000000220. The van der Waals surface area contributed by atoms with E-state index in [9.17, 15) is 10.2 Å². The molecule has 0 amide bonds. The lowest BCUT2D eigenvalue weighted by molar-refractivity contribution is -0.140. The second-order valence-corrected chi connectivity index (χ2v) is 6.64. The highest BCUT2D eigenvalue weighted by molar-refractivity contribution is 5.17. The fraction of sp³-hybridized carbons (Fsp3) is 0.778. The Morgan fingerprint density at radius 3 is 2.14 bits per heavy atom. The number of rotatable bonds is 2. The Bertz CT molecular complexity index is 439. The first-order valence-electron chi connectivity index (χ1n) is 7.89. The third-order valence-electron chi connectivity index (χ3n) is 3.22. The van der Waals surface area contributed by atoms with Crippen molar-refractivity contribution in [3.8, 4) is 23.7 Å². The van der Waals surface area contributed by atoms with E-state index in [-0.39, 0.29) is 5.92 Å². The number of aliphatic hydroxyl groups excluding tert-OH is 1.